The Balaban J connectivity index is 0.00000151. The van der Waals surface area contributed by atoms with Gasteiger partial charge in [-0.15, -0.1) is 0 Å². The molecule has 0 bridgehead atoms. The molecule has 0 aliphatic heterocycles. The number of carbonyl (C=O) groups is 1. The molecule has 0 spiro atoms. The van der Waals surface area contributed by atoms with Crippen LogP contribution in [-0.4, -0.2) is 23.8 Å². The van der Waals surface area contributed by atoms with Gasteiger partial charge in [-0.3, -0.25) is 10.2 Å². The third-order valence-electron chi connectivity index (χ3n) is 3.82. The molecule has 31 heavy (non-hydrogen) atoms. The van der Waals surface area contributed by atoms with Gasteiger partial charge in [0.2, 0.25) is 0 Å². The van der Waals surface area contributed by atoms with Crippen LogP contribution in [0.3, 0.4) is 0 Å². The number of allylic oxidation sites excluding steroid dienone is 1. The van der Waals surface area contributed by atoms with Crippen LogP contribution in [0.1, 0.15) is 16.7 Å². The van der Waals surface area contributed by atoms with E-state index in [1.165, 1.54) is 24.4 Å². The lowest BCUT2D eigenvalue weighted by Gasteiger charge is -2.06. The van der Waals surface area contributed by atoms with E-state index >= 15 is 0 Å². The van der Waals surface area contributed by atoms with Crippen LogP contribution in [-0.2, 0) is 17.8 Å². The van der Waals surface area contributed by atoms with E-state index in [1.807, 2.05) is 0 Å². The number of rotatable bonds is 8. The summed E-state index contributed by atoms with van der Waals surface area (Å²) in [4.78, 5) is 16.1. The fourth-order valence-corrected chi connectivity index (χ4v) is 2.31. The zero-order valence-electron chi connectivity index (χ0n) is 17.0. The van der Waals surface area contributed by atoms with Gasteiger partial charge in [0, 0.05) is 12.1 Å². The summed E-state index contributed by atoms with van der Waals surface area (Å²) < 4.78 is 12.9. The Hall–Kier alpha value is -4.27. The number of halogens is 1. The number of amidine groups is 1. The first-order chi connectivity index (χ1) is 14.9. The number of hydrogen-bond acceptors (Lipinski definition) is 5. The van der Waals surface area contributed by atoms with Crippen molar-refractivity contribution in [2.75, 3.05) is 0 Å². The minimum Gasteiger partial charge on any atom is -0.405 e. The first-order valence-corrected chi connectivity index (χ1v) is 9.16. The lowest BCUT2D eigenvalue weighted by Crippen LogP contribution is -2.29. The summed E-state index contributed by atoms with van der Waals surface area (Å²) in [5, 5.41) is 13.3. The van der Waals surface area contributed by atoms with Crippen LogP contribution in [0.4, 0.5) is 4.39 Å². The van der Waals surface area contributed by atoms with E-state index in [-0.39, 0.29) is 23.9 Å². The van der Waals surface area contributed by atoms with Gasteiger partial charge in [-0.2, -0.15) is 5.10 Å². The van der Waals surface area contributed by atoms with Gasteiger partial charge in [-0.25, -0.2) is 9.38 Å². The molecule has 9 heteroatoms. The van der Waals surface area contributed by atoms with E-state index in [0.717, 1.165) is 17.5 Å². The monoisotopic (exact) mass is 423 g/mol. The number of nitrogens with zero attached hydrogens (tertiary/aromatic N) is 2. The quantitative estimate of drug-likeness (QED) is 0.190. The van der Waals surface area contributed by atoms with Crippen molar-refractivity contribution in [1.29, 1.82) is 5.41 Å². The third kappa shape index (κ3) is 9.18. The second-order valence-electron chi connectivity index (χ2n) is 6.01. The summed E-state index contributed by atoms with van der Waals surface area (Å²) in [5.41, 5.74) is 12.8. The highest BCUT2D eigenvalue weighted by atomic mass is 19.1. The molecule has 0 aliphatic carbocycles. The number of carbonyl (C=O) groups excluding carboxylic acids is 1. The molecular weight excluding hydrogens is 397 g/mol. The van der Waals surface area contributed by atoms with Crippen molar-refractivity contribution in [3.63, 3.8) is 0 Å². The summed E-state index contributed by atoms with van der Waals surface area (Å²) in [6, 6.07) is 13.2. The molecule has 2 aromatic carbocycles. The normalized spacial score (nSPS) is 11.4. The maximum Gasteiger partial charge on any atom is 0.270 e. The van der Waals surface area contributed by atoms with Gasteiger partial charge >= 0.3 is 0 Å². The van der Waals surface area contributed by atoms with Crippen molar-refractivity contribution >= 4 is 23.8 Å². The fraction of sp³-hybridized carbons (Fsp3) is 0.0909. The molecule has 1 amide bonds. The van der Waals surface area contributed by atoms with Crippen LogP contribution >= 0.6 is 0 Å². The van der Waals surface area contributed by atoms with E-state index < -0.39 is 5.91 Å². The van der Waals surface area contributed by atoms with E-state index in [2.05, 4.69) is 27.7 Å². The topological polar surface area (TPSA) is 156 Å². The number of aliphatic imine (C=N–C) groups is 1. The average molecular weight is 423 g/mol. The molecule has 8 N–H and O–H groups in total. The summed E-state index contributed by atoms with van der Waals surface area (Å²) in [7, 11) is 0. The van der Waals surface area contributed by atoms with E-state index in [4.69, 9.17) is 17.0 Å². The smallest absolute Gasteiger partial charge is 0.270 e. The zero-order valence-corrected chi connectivity index (χ0v) is 17.0. The Morgan fingerprint density at radius 3 is 2.26 bits per heavy atom. The SMILES string of the molecule is C=CN.N=CN=C(/C=C/Cc1ccc(F)cc1)C(=O)NCc1ccc(/C(N)=N/N)cc1. The molecule has 0 atom stereocenters. The average Bonchev–Trinajstić information content (AvgIpc) is 2.78. The lowest BCUT2D eigenvalue weighted by molar-refractivity contribution is -0.114. The van der Waals surface area contributed by atoms with Crippen LogP contribution in [0.2, 0.25) is 0 Å². The molecule has 0 heterocycles. The molecule has 0 aromatic heterocycles. The minimum absolute atomic E-state index is 0.105. The van der Waals surface area contributed by atoms with Crippen molar-refractivity contribution in [2.45, 2.75) is 13.0 Å². The van der Waals surface area contributed by atoms with Gasteiger partial charge < -0.3 is 22.6 Å². The number of hydrogen-bond donors (Lipinski definition) is 5. The number of nitrogens with one attached hydrogen (secondary N) is 2. The Morgan fingerprint density at radius 1 is 1.13 bits per heavy atom. The van der Waals surface area contributed by atoms with Crippen molar-refractivity contribution in [1.82, 2.24) is 5.32 Å². The van der Waals surface area contributed by atoms with Crippen LogP contribution < -0.4 is 22.6 Å². The molecule has 0 fully saturated rings. The highest BCUT2D eigenvalue weighted by Gasteiger charge is 2.08. The van der Waals surface area contributed by atoms with Gasteiger partial charge in [0.05, 0.1) is 0 Å². The van der Waals surface area contributed by atoms with Gasteiger partial charge in [0.15, 0.2) is 0 Å². The minimum atomic E-state index is -0.411. The number of amides is 1. The van der Waals surface area contributed by atoms with Gasteiger partial charge in [-0.05, 0) is 42.0 Å². The number of hydrazone groups is 1. The molecule has 0 radical (unpaired) electrons. The van der Waals surface area contributed by atoms with Crippen LogP contribution in [0.25, 0.3) is 0 Å². The predicted octanol–water partition coefficient (Wildman–Crippen LogP) is 1.96. The first-order valence-electron chi connectivity index (χ1n) is 9.16. The van der Waals surface area contributed by atoms with Crippen molar-refractivity contribution in [2.24, 2.45) is 27.4 Å². The predicted molar refractivity (Wildman–Crippen MR) is 123 cm³/mol. The largest absolute Gasteiger partial charge is 0.405 e. The van der Waals surface area contributed by atoms with E-state index in [9.17, 15) is 9.18 Å². The third-order valence-corrected chi connectivity index (χ3v) is 3.82. The second-order valence-corrected chi connectivity index (χ2v) is 6.01. The van der Waals surface area contributed by atoms with Gasteiger partial charge in [0.1, 0.15) is 23.7 Å². The van der Waals surface area contributed by atoms with Crippen LogP contribution in [0.15, 0.2) is 83.6 Å². The molecule has 0 saturated carbocycles. The lowest BCUT2D eigenvalue weighted by atomic mass is 10.1. The summed E-state index contributed by atoms with van der Waals surface area (Å²) in [6.45, 7) is 3.42. The van der Waals surface area contributed by atoms with Crippen molar-refractivity contribution < 1.29 is 9.18 Å². The van der Waals surface area contributed by atoms with Gasteiger partial charge in [0.25, 0.3) is 5.91 Å². The Morgan fingerprint density at radius 2 is 1.71 bits per heavy atom. The first kappa shape index (κ1) is 24.8. The number of benzene rings is 2. The second kappa shape index (κ2) is 13.8. The molecule has 0 aliphatic rings. The van der Waals surface area contributed by atoms with Crippen molar-refractivity contribution in [3.8, 4) is 0 Å². The Labute approximate surface area is 180 Å². The van der Waals surface area contributed by atoms with Crippen LogP contribution in [0, 0.1) is 11.2 Å². The molecule has 2 aromatic rings. The molecule has 0 unspecified atom stereocenters. The van der Waals surface area contributed by atoms with E-state index in [0.29, 0.717) is 12.0 Å². The summed E-state index contributed by atoms with van der Waals surface area (Å²) in [5.74, 6) is 4.65. The Kier molecular flexibility index (Phi) is 11.1. The van der Waals surface area contributed by atoms with E-state index in [1.54, 1.807) is 42.5 Å². The molecule has 0 saturated heterocycles. The maximum absolute atomic E-state index is 12.9. The standard InChI is InChI=1S/C20H21FN6O.C2H5N/c21-17-10-6-14(7-11-17)2-1-3-18(26-13-22)20(28)25-12-15-4-8-16(9-5-15)19(23)27-24;1-2-3/h1,3-11,13,22H,2,12,24H2,(H2,23,27)(H,25,28);2H,1,3H2/b3-1+,22-13?,26-18?;. The Bertz CT molecular complexity index is 949. The highest BCUT2D eigenvalue weighted by Crippen LogP contribution is 2.05. The zero-order chi connectivity index (χ0) is 23.1. The van der Waals surface area contributed by atoms with Gasteiger partial charge in [-0.1, -0.05) is 49.1 Å². The maximum atomic E-state index is 12.9. The summed E-state index contributed by atoms with van der Waals surface area (Å²) in [6.07, 6.45) is 5.83. The number of nitrogens with two attached hydrogens (primary N) is 3. The highest BCUT2D eigenvalue weighted by molar-refractivity contribution is 6.44. The van der Waals surface area contributed by atoms with Crippen molar-refractivity contribution in [3.05, 3.63) is 96.0 Å². The molecular formula is C22H26FN7O. The fourth-order valence-electron chi connectivity index (χ4n) is 2.31. The molecule has 8 nitrogen and oxygen atoms in total. The summed E-state index contributed by atoms with van der Waals surface area (Å²) >= 11 is 0. The molecule has 2 rings (SSSR count). The van der Waals surface area contributed by atoms with Crippen LogP contribution in [0.5, 0.6) is 0 Å². The molecule has 162 valence electrons.